The monoisotopic (exact) mass is 218 g/mol. The van der Waals surface area contributed by atoms with Gasteiger partial charge in [-0.2, -0.15) is 5.26 Å². The highest BCUT2D eigenvalue weighted by molar-refractivity contribution is 5.50. The molecule has 0 N–H and O–H groups in total. The number of rotatable bonds is 2. The molecule has 1 aliphatic rings. The Hall–Kier alpha value is -1.56. The molecule has 1 aliphatic heterocycles. The second-order valence-electron chi connectivity index (χ2n) is 4.17. The predicted octanol–water partition coefficient (Wildman–Crippen LogP) is 2.88. The third-order valence-electron chi connectivity index (χ3n) is 2.99. The first-order valence-electron chi connectivity index (χ1n) is 5.71. The van der Waals surface area contributed by atoms with Crippen LogP contribution in [0.15, 0.2) is 18.2 Å². The van der Waals surface area contributed by atoms with Gasteiger partial charge in [-0.25, -0.2) is 4.39 Å². The van der Waals surface area contributed by atoms with Crippen LogP contribution < -0.4 is 4.90 Å². The van der Waals surface area contributed by atoms with Gasteiger partial charge in [-0.1, -0.05) is 6.07 Å². The number of halogens is 1. The summed E-state index contributed by atoms with van der Waals surface area (Å²) in [5.74, 6) is -0.177. The van der Waals surface area contributed by atoms with Gasteiger partial charge >= 0.3 is 0 Å². The van der Waals surface area contributed by atoms with Gasteiger partial charge in [0.15, 0.2) is 0 Å². The third-order valence-corrected chi connectivity index (χ3v) is 2.99. The minimum atomic E-state index is -0.177. The average Bonchev–Trinajstić information content (AvgIpc) is 2.33. The number of hydrogen-bond acceptors (Lipinski definition) is 2. The van der Waals surface area contributed by atoms with Crippen LogP contribution in [0.25, 0.3) is 0 Å². The summed E-state index contributed by atoms with van der Waals surface area (Å²) in [5.41, 5.74) is 1.55. The van der Waals surface area contributed by atoms with E-state index in [0.717, 1.165) is 31.5 Å². The maximum Gasteiger partial charge on any atom is 0.146 e. The largest absolute Gasteiger partial charge is 0.369 e. The summed E-state index contributed by atoms with van der Waals surface area (Å²) >= 11 is 0. The molecule has 0 unspecified atom stereocenters. The molecule has 84 valence electrons. The number of piperidine rings is 1. The minimum absolute atomic E-state index is 0.177. The lowest BCUT2D eigenvalue weighted by atomic mass is 10.1. The van der Waals surface area contributed by atoms with Gasteiger partial charge in [0.1, 0.15) is 5.82 Å². The Labute approximate surface area is 95.3 Å². The van der Waals surface area contributed by atoms with Crippen LogP contribution in [0.1, 0.15) is 24.8 Å². The molecule has 0 spiro atoms. The average molecular weight is 218 g/mol. The van der Waals surface area contributed by atoms with Gasteiger partial charge in [-0.05, 0) is 37.0 Å². The Balaban J connectivity index is 2.24. The van der Waals surface area contributed by atoms with Crippen molar-refractivity contribution in [2.45, 2.75) is 25.7 Å². The van der Waals surface area contributed by atoms with E-state index in [4.69, 9.17) is 5.26 Å². The maximum atomic E-state index is 13.7. The Morgan fingerprint density at radius 1 is 1.25 bits per heavy atom. The van der Waals surface area contributed by atoms with Gasteiger partial charge in [0.05, 0.1) is 18.2 Å². The van der Waals surface area contributed by atoms with Crippen LogP contribution in [-0.4, -0.2) is 13.1 Å². The lowest BCUT2D eigenvalue weighted by molar-refractivity contribution is 0.556. The first kappa shape index (κ1) is 10.9. The molecule has 0 aliphatic carbocycles. The molecule has 1 saturated heterocycles. The van der Waals surface area contributed by atoms with Crippen molar-refractivity contribution < 1.29 is 4.39 Å². The molecule has 0 saturated carbocycles. The van der Waals surface area contributed by atoms with Crippen molar-refractivity contribution in [1.82, 2.24) is 0 Å². The van der Waals surface area contributed by atoms with Crippen LogP contribution in [-0.2, 0) is 6.42 Å². The van der Waals surface area contributed by atoms with Crippen LogP contribution in [0.2, 0.25) is 0 Å². The molecule has 0 amide bonds. The van der Waals surface area contributed by atoms with E-state index in [1.807, 2.05) is 6.07 Å². The van der Waals surface area contributed by atoms with Crippen molar-refractivity contribution in [1.29, 1.82) is 5.26 Å². The van der Waals surface area contributed by atoms with Crippen molar-refractivity contribution in [3.8, 4) is 6.07 Å². The first-order chi connectivity index (χ1) is 7.81. The number of anilines is 1. The van der Waals surface area contributed by atoms with E-state index in [1.165, 1.54) is 12.5 Å². The molecule has 16 heavy (non-hydrogen) atoms. The van der Waals surface area contributed by atoms with Gasteiger partial charge in [0.25, 0.3) is 0 Å². The number of nitrogens with zero attached hydrogens (tertiary/aromatic N) is 2. The van der Waals surface area contributed by atoms with E-state index in [2.05, 4.69) is 11.0 Å². The summed E-state index contributed by atoms with van der Waals surface area (Å²) in [7, 11) is 0. The Bertz CT molecular complexity index is 403. The van der Waals surface area contributed by atoms with Crippen LogP contribution in [0, 0.1) is 17.1 Å². The van der Waals surface area contributed by atoms with Crippen LogP contribution in [0.5, 0.6) is 0 Å². The fourth-order valence-corrected chi connectivity index (χ4v) is 2.14. The van der Waals surface area contributed by atoms with Gasteiger partial charge in [-0.3, -0.25) is 0 Å². The number of hydrogen-bond donors (Lipinski definition) is 0. The summed E-state index contributed by atoms with van der Waals surface area (Å²) in [6.07, 6.45) is 3.83. The molecular formula is C13H15FN2. The minimum Gasteiger partial charge on any atom is -0.369 e. The summed E-state index contributed by atoms with van der Waals surface area (Å²) in [6.45, 7) is 1.85. The van der Waals surface area contributed by atoms with Crippen molar-refractivity contribution in [2.75, 3.05) is 18.0 Å². The lowest BCUT2D eigenvalue weighted by Crippen LogP contribution is -2.30. The third kappa shape index (κ3) is 2.33. The van der Waals surface area contributed by atoms with Crippen molar-refractivity contribution in [2.24, 2.45) is 0 Å². The van der Waals surface area contributed by atoms with Crippen molar-refractivity contribution in [3.05, 3.63) is 29.6 Å². The highest BCUT2D eigenvalue weighted by atomic mass is 19.1. The molecular weight excluding hydrogens is 203 g/mol. The van der Waals surface area contributed by atoms with Crippen molar-refractivity contribution in [3.63, 3.8) is 0 Å². The molecule has 0 radical (unpaired) electrons. The van der Waals surface area contributed by atoms with Gasteiger partial charge < -0.3 is 4.90 Å². The molecule has 0 bridgehead atoms. The van der Waals surface area contributed by atoms with Crippen LogP contribution in [0.3, 0.4) is 0 Å². The summed E-state index contributed by atoms with van der Waals surface area (Å²) in [6, 6.07) is 7.06. The van der Waals surface area contributed by atoms with E-state index in [1.54, 1.807) is 6.07 Å². The van der Waals surface area contributed by atoms with E-state index < -0.39 is 0 Å². The lowest BCUT2D eigenvalue weighted by Gasteiger charge is -2.29. The second kappa shape index (κ2) is 4.98. The van der Waals surface area contributed by atoms with Gasteiger partial charge in [-0.15, -0.1) is 0 Å². The van der Waals surface area contributed by atoms with Gasteiger partial charge in [0, 0.05) is 13.1 Å². The highest BCUT2D eigenvalue weighted by Gasteiger charge is 2.14. The van der Waals surface area contributed by atoms with E-state index in [0.29, 0.717) is 12.1 Å². The molecule has 1 aromatic carbocycles. The fraction of sp³-hybridized carbons (Fsp3) is 0.462. The summed E-state index contributed by atoms with van der Waals surface area (Å²) in [5, 5.41) is 8.63. The summed E-state index contributed by atoms with van der Waals surface area (Å²) in [4.78, 5) is 2.08. The normalized spacial score (nSPS) is 15.9. The molecule has 1 heterocycles. The molecule has 2 rings (SSSR count). The second-order valence-corrected chi connectivity index (χ2v) is 4.17. The van der Waals surface area contributed by atoms with E-state index in [9.17, 15) is 4.39 Å². The molecule has 1 fully saturated rings. The zero-order valence-electron chi connectivity index (χ0n) is 9.25. The first-order valence-corrected chi connectivity index (χ1v) is 5.71. The van der Waals surface area contributed by atoms with Crippen molar-refractivity contribution >= 4 is 5.69 Å². The molecule has 0 atom stereocenters. The van der Waals surface area contributed by atoms with E-state index >= 15 is 0 Å². The number of benzene rings is 1. The van der Waals surface area contributed by atoms with Gasteiger partial charge in [0.2, 0.25) is 0 Å². The van der Waals surface area contributed by atoms with Crippen LogP contribution in [0.4, 0.5) is 10.1 Å². The Morgan fingerprint density at radius 2 is 2.00 bits per heavy atom. The fourth-order valence-electron chi connectivity index (χ4n) is 2.14. The smallest absolute Gasteiger partial charge is 0.146 e. The maximum absolute atomic E-state index is 13.7. The Morgan fingerprint density at radius 3 is 2.69 bits per heavy atom. The standard InChI is InChI=1S/C13H15FN2/c14-12-5-4-11(6-7-15)10-13(12)16-8-2-1-3-9-16/h4-5,10H,1-3,6,8-9H2. The molecule has 1 aromatic rings. The molecule has 3 heteroatoms. The summed E-state index contributed by atoms with van der Waals surface area (Å²) < 4.78 is 13.7. The van der Waals surface area contributed by atoms with E-state index in [-0.39, 0.29) is 5.82 Å². The zero-order valence-corrected chi connectivity index (χ0v) is 9.25. The SMILES string of the molecule is N#CCc1ccc(F)c(N2CCCCC2)c1. The Kier molecular flexibility index (Phi) is 3.40. The highest BCUT2D eigenvalue weighted by Crippen LogP contribution is 2.24. The quantitative estimate of drug-likeness (QED) is 0.763. The van der Waals surface area contributed by atoms with Crippen LogP contribution >= 0.6 is 0 Å². The molecule has 2 nitrogen and oxygen atoms in total. The molecule has 0 aromatic heterocycles. The number of nitriles is 1. The topological polar surface area (TPSA) is 27.0 Å². The zero-order chi connectivity index (χ0) is 11.4. The predicted molar refractivity (Wildman–Crippen MR) is 61.8 cm³/mol.